The molecule has 0 spiro atoms. The molecule has 0 aromatic rings. The van der Waals surface area contributed by atoms with Crippen LogP contribution in [0.1, 0.15) is 41.0 Å². The third kappa shape index (κ3) is 6.97. The second kappa shape index (κ2) is 7.30. The van der Waals surface area contributed by atoms with E-state index in [4.69, 9.17) is 5.11 Å². The van der Waals surface area contributed by atoms with E-state index in [0.29, 0.717) is 18.9 Å². The van der Waals surface area contributed by atoms with Gasteiger partial charge in [0.05, 0.1) is 0 Å². The van der Waals surface area contributed by atoms with Crippen LogP contribution in [0.15, 0.2) is 0 Å². The number of nitrogens with zero attached hydrogens (tertiary/aromatic N) is 1. The fraction of sp³-hybridized carbons (Fsp3) is 0.846. The molecule has 0 rings (SSSR count). The smallest absolute Gasteiger partial charge is 0.323 e. The van der Waals surface area contributed by atoms with Crippen molar-refractivity contribution in [2.45, 2.75) is 41.0 Å². The van der Waals surface area contributed by atoms with Gasteiger partial charge in [0.15, 0.2) is 0 Å². The molecular formula is C13H25NO3. The molecular weight excluding hydrogens is 218 g/mol. The molecule has 1 atom stereocenters. The molecule has 0 aliphatic heterocycles. The first-order chi connectivity index (χ1) is 7.73. The van der Waals surface area contributed by atoms with Gasteiger partial charge in [-0.1, -0.05) is 34.6 Å². The summed E-state index contributed by atoms with van der Waals surface area (Å²) in [5.41, 5.74) is 0. The number of carboxylic acid groups (broad SMARTS) is 1. The van der Waals surface area contributed by atoms with E-state index in [1.807, 2.05) is 20.8 Å². The summed E-state index contributed by atoms with van der Waals surface area (Å²) in [4.78, 5) is 24.2. The van der Waals surface area contributed by atoms with Crippen molar-refractivity contribution >= 4 is 11.9 Å². The van der Waals surface area contributed by atoms with Gasteiger partial charge in [0.25, 0.3) is 0 Å². The average Bonchev–Trinajstić information content (AvgIpc) is 2.14. The van der Waals surface area contributed by atoms with Gasteiger partial charge in [0, 0.05) is 13.0 Å². The zero-order valence-electron chi connectivity index (χ0n) is 11.6. The number of carbonyl (C=O) groups is 2. The maximum atomic E-state index is 12.0. The van der Waals surface area contributed by atoms with Crippen LogP contribution in [0.25, 0.3) is 0 Å². The minimum atomic E-state index is -0.948. The second-order valence-electron chi connectivity index (χ2n) is 5.49. The zero-order chi connectivity index (χ0) is 13.6. The first-order valence-electron chi connectivity index (χ1n) is 6.23. The van der Waals surface area contributed by atoms with Crippen molar-refractivity contribution < 1.29 is 14.7 Å². The Bertz CT molecular complexity index is 261. The number of hydrogen-bond donors (Lipinski definition) is 1. The van der Waals surface area contributed by atoms with E-state index < -0.39 is 5.97 Å². The van der Waals surface area contributed by atoms with E-state index in [1.165, 1.54) is 4.90 Å². The summed E-state index contributed by atoms with van der Waals surface area (Å²) in [6, 6.07) is 0. The Morgan fingerprint density at radius 2 is 1.65 bits per heavy atom. The normalized spacial score (nSPS) is 12.9. The molecule has 100 valence electrons. The number of amides is 1. The molecule has 17 heavy (non-hydrogen) atoms. The minimum absolute atomic E-state index is 0.0534. The van der Waals surface area contributed by atoms with Crippen LogP contribution in [0.5, 0.6) is 0 Å². The Labute approximate surface area is 104 Å². The first kappa shape index (κ1) is 15.9. The fourth-order valence-electron chi connectivity index (χ4n) is 1.50. The molecule has 4 heteroatoms. The monoisotopic (exact) mass is 243 g/mol. The van der Waals surface area contributed by atoms with Crippen molar-refractivity contribution in [1.29, 1.82) is 0 Å². The van der Waals surface area contributed by atoms with Crippen LogP contribution in [0.2, 0.25) is 0 Å². The summed E-state index contributed by atoms with van der Waals surface area (Å²) in [7, 11) is 0. The molecule has 0 aromatic heterocycles. The molecule has 0 fully saturated rings. The lowest BCUT2D eigenvalue weighted by atomic mass is 9.94. The maximum Gasteiger partial charge on any atom is 0.323 e. The van der Waals surface area contributed by atoms with E-state index in [0.717, 1.165) is 0 Å². The Morgan fingerprint density at radius 1 is 1.12 bits per heavy atom. The first-order valence-corrected chi connectivity index (χ1v) is 6.23. The summed E-state index contributed by atoms with van der Waals surface area (Å²) in [5.74, 6) is 0.00166. The summed E-state index contributed by atoms with van der Waals surface area (Å²) < 4.78 is 0. The summed E-state index contributed by atoms with van der Waals surface area (Å²) >= 11 is 0. The van der Waals surface area contributed by atoms with Gasteiger partial charge in [-0.15, -0.1) is 0 Å². The van der Waals surface area contributed by atoms with Crippen LogP contribution in [0.4, 0.5) is 0 Å². The van der Waals surface area contributed by atoms with Crippen LogP contribution < -0.4 is 0 Å². The number of carbonyl (C=O) groups excluding carboxylic acids is 1. The van der Waals surface area contributed by atoms with Gasteiger partial charge < -0.3 is 10.0 Å². The van der Waals surface area contributed by atoms with Crippen LogP contribution in [-0.4, -0.2) is 35.0 Å². The summed E-state index contributed by atoms with van der Waals surface area (Å²) in [6.45, 7) is 10.4. The standard InChI is InChI=1S/C13H25NO3/c1-9(2)7-14(8-13(16)17)12(15)6-11(5)10(3)4/h9-11H,6-8H2,1-5H3,(H,16,17). The predicted molar refractivity (Wildman–Crippen MR) is 67.7 cm³/mol. The van der Waals surface area contributed by atoms with Crippen molar-refractivity contribution in [2.75, 3.05) is 13.1 Å². The van der Waals surface area contributed by atoms with Gasteiger partial charge in [-0.05, 0) is 17.8 Å². The van der Waals surface area contributed by atoms with E-state index in [9.17, 15) is 9.59 Å². The largest absolute Gasteiger partial charge is 0.480 e. The molecule has 1 unspecified atom stereocenters. The lowest BCUT2D eigenvalue weighted by Gasteiger charge is -2.25. The van der Waals surface area contributed by atoms with Crippen LogP contribution in [0.3, 0.4) is 0 Å². The van der Waals surface area contributed by atoms with E-state index in [-0.39, 0.29) is 24.3 Å². The van der Waals surface area contributed by atoms with E-state index in [2.05, 4.69) is 13.8 Å². The third-order valence-corrected chi connectivity index (χ3v) is 2.90. The SMILES string of the molecule is CC(C)CN(CC(=O)O)C(=O)CC(C)C(C)C. The number of aliphatic carboxylic acids is 1. The molecule has 1 amide bonds. The van der Waals surface area contributed by atoms with Crippen molar-refractivity contribution in [3.8, 4) is 0 Å². The van der Waals surface area contributed by atoms with Gasteiger partial charge in [-0.2, -0.15) is 0 Å². The van der Waals surface area contributed by atoms with E-state index >= 15 is 0 Å². The van der Waals surface area contributed by atoms with Gasteiger partial charge >= 0.3 is 5.97 Å². The Balaban J connectivity index is 4.46. The van der Waals surface area contributed by atoms with Gasteiger partial charge in [0.1, 0.15) is 6.54 Å². The molecule has 0 aromatic carbocycles. The highest BCUT2D eigenvalue weighted by atomic mass is 16.4. The molecule has 0 saturated carbocycles. The fourth-order valence-corrected chi connectivity index (χ4v) is 1.50. The Hall–Kier alpha value is -1.06. The topological polar surface area (TPSA) is 57.6 Å². The third-order valence-electron chi connectivity index (χ3n) is 2.90. The highest BCUT2D eigenvalue weighted by Crippen LogP contribution is 2.16. The van der Waals surface area contributed by atoms with Crippen molar-refractivity contribution in [1.82, 2.24) is 4.90 Å². The molecule has 0 heterocycles. The quantitative estimate of drug-likeness (QED) is 0.746. The van der Waals surface area contributed by atoms with Crippen LogP contribution >= 0.6 is 0 Å². The van der Waals surface area contributed by atoms with Gasteiger partial charge in [-0.25, -0.2) is 0 Å². The Kier molecular flexibility index (Phi) is 6.85. The molecule has 0 aliphatic rings. The predicted octanol–water partition coefficient (Wildman–Crippen LogP) is 2.24. The van der Waals surface area contributed by atoms with E-state index in [1.54, 1.807) is 0 Å². The summed E-state index contributed by atoms with van der Waals surface area (Å²) in [6.07, 6.45) is 0.428. The number of rotatable bonds is 7. The van der Waals surface area contributed by atoms with Crippen LogP contribution in [-0.2, 0) is 9.59 Å². The molecule has 0 aliphatic carbocycles. The molecule has 0 radical (unpaired) electrons. The van der Waals surface area contributed by atoms with Crippen molar-refractivity contribution in [2.24, 2.45) is 17.8 Å². The highest BCUT2D eigenvalue weighted by Gasteiger charge is 2.21. The Morgan fingerprint density at radius 3 is 2.00 bits per heavy atom. The van der Waals surface area contributed by atoms with Crippen molar-refractivity contribution in [3.63, 3.8) is 0 Å². The zero-order valence-corrected chi connectivity index (χ0v) is 11.6. The average molecular weight is 243 g/mol. The second-order valence-corrected chi connectivity index (χ2v) is 5.49. The lowest BCUT2D eigenvalue weighted by molar-refractivity contribution is -0.145. The highest BCUT2D eigenvalue weighted by molar-refractivity contribution is 5.81. The maximum absolute atomic E-state index is 12.0. The molecule has 0 saturated heterocycles. The van der Waals surface area contributed by atoms with Crippen molar-refractivity contribution in [3.05, 3.63) is 0 Å². The number of carboxylic acids is 1. The minimum Gasteiger partial charge on any atom is -0.480 e. The molecule has 1 N–H and O–H groups in total. The van der Waals surface area contributed by atoms with Crippen LogP contribution in [0, 0.1) is 17.8 Å². The van der Waals surface area contributed by atoms with Gasteiger partial charge in [0.2, 0.25) is 5.91 Å². The van der Waals surface area contributed by atoms with Gasteiger partial charge in [-0.3, -0.25) is 9.59 Å². The number of hydrogen-bond acceptors (Lipinski definition) is 2. The summed E-state index contributed by atoms with van der Waals surface area (Å²) in [5, 5.41) is 8.80. The molecule has 0 bridgehead atoms. The molecule has 4 nitrogen and oxygen atoms in total. The lowest BCUT2D eigenvalue weighted by Crippen LogP contribution is -2.39.